The van der Waals surface area contributed by atoms with Crippen LogP contribution in [0.15, 0.2) is 12.3 Å². The van der Waals surface area contributed by atoms with E-state index in [1.54, 1.807) is 20.4 Å². The highest BCUT2D eigenvalue weighted by Crippen LogP contribution is 2.21. The van der Waals surface area contributed by atoms with E-state index in [1.165, 1.54) is 0 Å². The van der Waals surface area contributed by atoms with Crippen LogP contribution in [0.3, 0.4) is 0 Å². The fourth-order valence-corrected chi connectivity index (χ4v) is 2.26. The van der Waals surface area contributed by atoms with Crippen molar-refractivity contribution in [3.05, 3.63) is 22.8 Å². The number of aromatic nitrogens is 1. The van der Waals surface area contributed by atoms with Gasteiger partial charge in [-0.3, -0.25) is 4.90 Å². The molecular formula is C15H25ClN2O2. The summed E-state index contributed by atoms with van der Waals surface area (Å²) in [6.07, 6.45) is 4.04. The first-order valence-corrected chi connectivity index (χ1v) is 7.45. The standard InChI is InChI=1S/C15H25ClN2O2/c1-5-13(19-3)7-8-18(6-2)11-12-9-15(20-4)17-10-14(12)16/h9-10,13H,5-8,11H2,1-4H3. The van der Waals surface area contributed by atoms with Crippen LogP contribution in [0.25, 0.3) is 0 Å². The molecule has 0 aliphatic heterocycles. The summed E-state index contributed by atoms with van der Waals surface area (Å²) in [7, 11) is 3.39. The lowest BCUT2D eigenvalue weighted by Crippen LogP contribution is -2.27. The Morgan fingerprint density at radius 1 is 1.35 bits per heavy atom. The SMILES string of the molecule is CCC(CCN(CC)Cc1cc(OC)ncc1Cl)OC. The smallest absolute Gasteiger partial charge is 0.213 e. The summed E-state index contributed by atoms with van der Waals surface area (Å²) in [4.78, 5) is 6.45. The molecule has 20 heavy (non-hydrogen) atoms. The molecule has 1 rings (SSSR count). The van der Waals surface area contributed by atoms with E-state index < -0.39 is 0 Å². The summed E-state index contributed by atoms with van der Waals surface area (Å²) in [5.74, 6) is 0.601. The van der Waals surface area contributed by atoms with Gasteiger partial charge in [0.2, 0.25) is 5.88 Å². The first kappa shape index (κ1) is 17.2. The van der Waals surface area contributed by atoms with Crippen molar-refractivity contribution in [3.8, 4) is 5.88 Å². The molecule has 0 N–H and O–H groups in total. The second-order valence-corrected chi connectivity index (χ2v) is 5.15. The molecular weight excluding hydrogens is 276 g/mol. The molecule has 0 spiro atoms. The van der Waals surface area contributed by atoms with Crippen molar-refractivity contribution < 1.29 is 9.47 Å². The zero-order valence-electron chi connectivity index (χ0n) is 12.9. The van der Waals surface area contributed by atoms with E-state index >= 15 is 0 Å². The largest absolute Gasteiger partial charge is 0.481 e. The van der Waals surface area contributed by atoms with Crippen LogP contribution >= 0.6 is 11.6 Å². The van der Waals surface area contributed by atoms with Crippen LogP contribution in [0, 0.1) is 0 Å². The van der Waals surface area contributed by atoms with Crippen molar-refractivity contribution in [2.24, 2.45) is 0 Å². The average Bonchev–Trinajstić information content (AvgIpc) is 2.48. The van der Waals surface area contributed by atoms with Crippen LogP contribution in [0.4, 0.5) is 0 Å². The van der Waals surface area contributed by atoms with E-state index in [0.29, 0.717) is 17.0 Å². The van der Waals surface area contributed by atoms with Crippen LogP contribution in [0.1, 0.15) is 32.3 Å². The Balaban J connectivity index is 2.63. The number of pyridine rings is 1. The number of methoxy groups -OCH3 is 2. The van der Waals surface area contributed by atoms with Crippen molar-refractivity contribution >= 4 is 11.6 Å². The molecule has 0 aliphatic carbocycles. The lowest BCUT2D eigenvalue weighted by molar-refractivity contribution is 0.0799. The van der Waals surface area contributed by atoms with Crippen molar-refractivity contribution in [1.29, 1.82) is 0 Å². The van der Waals surface area contributed by atoms with Gasteiger partial charge in [0.25, 0.3) is 0 Å². The van der Waals surface area contributed by atoms with Crippen molar-refractivity contribution in [3.63, 3.8) is 0 Å². The van der Waals surface area contributed by atoms with Gasteiger partial charge in [-0.1, -0.05) is 25.4 Å². The van der Waals surface area contributed by atoms with E-state index in [9.17, 15) is 0 Å². The first-order valence-electron chi connectivity index (χ1n) is 7.08. The summed E-state index contributed by atoms with van der Waals surface area (Å²) in [6, 6.07) is 1.90. The highest BCUT2D eigenvalue weighted by atomic mass is 35.5. The topological polar surface area (TPSA) is 34.6 Å². The van der Waals surface area contributed by atoms with E-state index in [4.69, 9.17) is 21.1 Å². The molecule has 0 saturated heterocycles. The van der Waals surface area contributed by atoms with Gasteiger partial charge >= 0.3 is 0 Å². The Morgan fingerprint density at radius 3 is 2.65 bits per heavy atom. The summed E-state index contributed by atoms with van der Waals surface area (Å²) < 4.78 is 10.6. The fraction of sp³-hybridized carbons (Fsp3) is 0.667. The zero-order chi connectivity index (χ0) is 15.0. The zero-order valence-corrected chi connectivity index (χ0v) is 13.6. The van der Waals surface area contributed by atoms with E-state index in [-0.39, 0.29) is 0 Å². The van der Waals surface area contributed by atoms with Crippen molar-refractivity contribution in [2.45, 2.75) is 39.3 Å². The lowest BCUT2D eigenvalue weighted by Gasteiger charge is -2.23. The quantitative estimate of drug-likeness (QED) is 0.700. The van der Waals surface area contributed by atoms with Gasteiger partial charge in [-0.15, -0.1) is 0 Å². The Kier molecular flexibility index (Phi) is 7.88. The van der Waals surface area contributed by atoms with Crippen LogP contribution in [0.5, 0.6) is 5.88 Å². The molecule has 1 heterocycles. The molecule has 0 aliphatic rings. The number of rotatable bonds is 9. The number of hydrogen-bond acceptors (Lipinski definition) is 4. The Labute approximate surface area is 127 Å². The van der Waals surface area contributed by atoms with Gasteiger partial charge in [0.05, 0.1) is 18.2 Å². The minimum absolute atomic E-state index is 0.325. The minimum Gasteiger partial charge on any atom is -0.481 e. The van der Waals surface area contributed by atoms with Crippen molar-refractivity contribution in [1.82, 2.24) is 9.88 Å². The van der Waals surface area contributed by atoms with Crippen molar-refractivity contribution in [2.75, 3.05) is 27.3 Å². The summed E-state index contributed by atoms with van der Waals surface area (Å²) in [6.45, 7) is 7.06. The Morgan fingerprint density at radius 2 is 2.10 bits per heavy atom. The van der Waals surface area contributed by atoms with E-state index in [0.717, 1.165) is 38.0 Å². The molecule has 0 saturated carbocycles. The van der Waals surface area contributed by atoms with Gasteiger partial charge in [-0.05, 0) is 24.9 Å². The van der Waals surface area contributed by atoms with Crippen LogP contribution in [-0.4, -0.2) is 43.3 Å². The van der Waals surface area contributed by atoms with Gasteiger partial charge in [0.1, 0.15) is 0 Å². The maximum absolute atomic E-state index is 6.20. The normalized spacial score (nSPS) is 12.7. The molecule has 1 aromatic rings. The lowest BCUT2D eigenvalue weighted by atomic mass is 10.1. The number of hydrogen-bond donors (Lipinski definition) is 0. The first-order chi connectivity index (χ1) is 9.64. The molecule has 0 fully saturated rings. The fourth-order valence-electron chi connectivity index (χ4n) is 2.10. The molecule has 1 unspecified atom stereocenters. The Hall–Kier alpha value is -0.840. The Bertz CT molecular complexity index is 397. The molecule has 114 valence electrons. The second-order valence-electron chi connectivity index (χ2n) is 4.74. The molecule has 0 aromatic carbocycles. The molecule has 0 bridgehead atoms. The third kappa shape index (κ3) is 5.27. The third-order valence-corrected chi connectivity index (χ3v) is 3.86. The van der Waals surface area contributed by atoms with Gasteiger partial charge in [0.15, 0.2) is 0 Å². The highest BCUT2D eigenvalue weighted by molar-refractivity contribution is 6.31. The maximum Gasteiger partial charge on any atom is 0.213 e. The van der Waals surface area contributed by atoms with Crippen LogP contribution < -0.4 is 4.74 Å². The monoisotopic (exact) mass is 300 g/mol. The van der Waals surface area contributed by atoms with E-state index in [2.05, 4.69) is 23.7 Å². The number of nitrogens with zero attached hydrogens (tertiary/aromatic N) is 2. The van der Waals surface area contributed by atoms with Gasteiger partial charge < -0.3 is 9.47 Å². The molecule has 1 atom stereocenters. The van der Waals surface area contributed by atoms with Gasteiger partial charge in [-0.2, -0.15) is 0 Å². The summed E-state index contributed by atoms with van der Waals surface area (Å²) >= 11 is 6.20. The summed E-state index contributed by atoms with van der Waals surface area (Å²) in [5.41, 5.74) is 1.05. The summed E-state index contributed by atoms with van der Waals surface area (Å²) in [5, 5.41) is 0.683. The number of halogens is 1. The van der Waals surface area contributed by atoms with Gasteiger partial charge in [-0.25, -0.2) is 4.98 Å². The molecule has 1 aromatic heterocycles. The molecule has 0 radical (unpaired) electrons. The molecule has 4 nitrogen and oxygen atoms in total. The predicted octanol–water partition coefficient (Wildman–Crippen LogP) is 3.38. The molecule has 0 amide bonds. The maximum atomic E-state index is 6.20. The highest BCUT2D eigenvalue weighted by Gasteiger charge is 2.11. The average molecular weight is 301 g/mol. The third-order valence-electron chi connectivity index (χ3n) is 3.52. The van der Waals surface area contributed by atoms with Crippen LogP contribution in [-0.2, 0) is 11.3 Å². The van der Waals surface area contributed by atoms with Crippen LogP contribution in [0.2, 0.25) is 5.02 Å². The minimum atomic E-state index is 0.325. The molecule has 5 heteroatoms. The second kappa shape index (κ2) is 9.16. The number of ether oxygens (including phenoxy) is 2. The van der Waals surface area contributed by atoms with E-state index in [1.807, 2.05) is 6.07 Å². The predicted molar refractivity (Wildman–Crippen MR) is 82.5 cm³/mol. The van der Waals surface area contributed by atoms with Gasteiger partial charge in [0, 0.05) is 32.5 Å².